The Balaban J connectivity index is 1.24. The van der Waals surface area contributed by atoms with E-state index in [1.807, 2.05) is 12.1 Å². The molecule has 1 N–H and O–H groups in total. The lowest BCUT2D eigenvalue weighted by Crippen LogP contribution is -2.33. The SMILES string of the molecule is O=C(Nc1cc(F)c(Cl)nc1C1CCN(Cc2ccc(-c3ccc(F)cc3)cc2)CC1)c1ccnc(Cl)c1. The highest BCUT2D eigenvalue weighted by Crippen LogP contribution is 2.34. The van der Waals surface area contributed by atoms with E-state index in [1.54, 1.807) is 12.1 Å². The zero-order chi connectivity index (χ0) is 26.6. The molecule has 9 heteroatoms. The van der Waals surface area contributed by atoms with E-state index >= 15 is 0 Å². The molecule has 3 heterocycles. The second-order valence-electron chi connectivity index (χ2n) is 9.27. The topological polar surface area (TPSA) is 58.1 Å². The monoisotopic (exact) mass is 552 g/mol. The van der Waals surface area contributed by atoms with Gasteiger partial charge < -0.3 is 5.32 Å². The van der Waals surface area contributed by atoms with Gasteiger partial charge in [-0.3, -0.25) is 9.69 Å². The van der Waals surface area contributed by atoms with E-state index in [0.717, 1.165) is 43.6 Å². The van der Waals surface area contributed by atoms with Gasteiger partial charge in [-0.1, -0.05) is 59.6 Å². The molecule has 5 nitrogen and oxygen atoms in total. The molecule has 1 fully saturated rings. The third-order valence-corrected chi connectivity index (χ3v) is 7.18. The lowest BCUT2D eigenvalue weighted by Gasteiger charge is -2.32. The summed E-state index contributed by atoms with van der Waals surface area (Å²) >= 11 is 11.9. The molecule has 0 aliphatic carbocycles. The van der Waals surface area contributed by atoms with E-state index < -0.39 is 11.7 Å². The van der Waals surface area contributed by atoms with E-state index in [1.165, 1.54) is 42.1 Å². The van der Waals surface area contributed by atoms with Crippen LogP contribution >= 0.6 is 23.2 Å². The Morgan fingerprint density at radius 2 is 1.61 bits per heavy atom. The maximum Gasteiger partial charge on any atom is 0.255 e. The molecule has 1 aliphatic heterocycles. The van der Waals surface area contributed by atoms with Crippen LogP contribution in [0.1, 0.15) is 40.4 Å². The Hall–Kier alpha value is -3.39. The molecular formula is C29H24Cl2F2N4O. The smallest absolute Gasteiger partial charge is 0.255 e. The molecule has 0 atom stereocenters. The number of amides is 1. The third-order valence-electron chi connectivity index (χ3n) is 6.71. The predicted molar refractivity (Wildman–Crippen MR) is 145 cm³/mol. The minimum Gasteiger partial charge on any atom is -0.320 e. The maximum atomic E-state index is 14.3. The molecule has 0 unspecified atom stereocenters. The van der Waals surface area contributed by atoms with E-state index in [2.05, 4.69) is 32.3 Å². The zero-order valence-corrected chi connectivity index (χ0v) is 21.8. The molecule has 0 bridgehead atoms. The van der Waals surface area contributed by atoms with Crippen molar-refractivity contribution in [2.45, 2.75) is 25.3 Å². The maximum absolute atomic E-state index is 14.3. The number of nitrogens with zero attached hydrogens (tertiary/aromatic N) is 3. The van der Waals surface area contributed by atoms with Gasteiger partial charge in [0.05, 0.1) is 11.4 Å². The molecule has 194 valence electrons. The quantitative estimate of drug-likeness (QED) is 0.254. The van der Waals surface area contributed by atoms with Crippen molar-refractivity contribution in [3.63, 3.8) is 0 Å². The first-order valence-corrected chi connectivity index (χ1v) is 13.0. The lowest BCUT2D eigenvalue weighted by molar-refractivity contribution is 0.102. The van der Waals surface area contributed by atoms with Crippen molar-refractivity contribution in [3.05, 3.63) is 112 Å². The fourth-order valence-corrected chi connectivity index (χ4v) is 5.02. The van der Waals surface area contributed by atoms with Crippen LogP contribution in [0.15, 0.2) is 72.9 Å². The fourth-order valence-electron chi connectivity index (χ4n) is 4.70. The van der Waals surface area contributed by atoms with Gasteiger partial charge >= 0.3 is 0 Å². The van der Waals surface area contributed by atoms with Crippen LogP contribution in [0.3, 0.4) is 0 Å². The molecule has 4 aromatic rings. The number of benzene rings is 2. The average Bonchev–Trinajstić information content (AvgIpc) is 2.92. The number of carbonyl (C=O) groups excluding carboxylic acids is 1. The first-order valence-electron chi connectivity index (χ1n) is 12.2. The van der Waals surface area contributed by atoms with E-state index in [4.69, 9.17) is 23.2 Å². The number of hydrogen-bond acceptors (Lipinski definition) is 4. The summed E-state index contributed by atoms with van der Waals surface area (Å²) < 4.78 is 27.5. The van der Waals surface area contributed by atoms with Crippen molar-refractivity contribution < 1.29 is 13.6 Å². The molecule has 38 heavy (non-hydrogen) atoms. The van der Waals surface area contributed by atoms with Gasteiger partial charge in [0.2, 0.25) is 0 Å². The van der Waals surface area contributed by atoms with Gasteiger partial charge in [-0.05, 0) is 66.9 Å². The first kappa shape index (κ1) is 26.2. The Bertz CT molecular complexity index is 1440. The van der Waals surface area contributed by atoms with Crippen LogP contribution in [-0.2, 0) is 6.54 Å². The Labute approximate surface area is 229 Å². The zero-order valence-electron chi connectivity index (χ0n) is 20.3. The highest BCUT2D eigenvalue weighted by Gasteiger charge is 2.26. The number of likely N-dealkylation sites (tertiary alicyclic amines) is 1. The van der Waals surface area contributed by atoms with Crippen molar-refractivity contribution in [2.75, 3.05) is 18.4 Å². The summed E-state index contributed by atoms with van der Waals surface area (Å²) in [5.74, 6) is -1.36. The number of halogens is 4. The number of carbonyl (C=O) groups is 1. The summed E-state index contributed by atoms with van der Waals surface area (Å²) in [7, 11) is 0. The van der Waals surface area contributed by atoms with E-state index in [-0.39, 0.29) is 22.0 Å². The van der Waals surface area contributed by atoms with Crippen molar-refractivity contribution in [3.8, 4) is 11.1 Å². The van der Waals surface area contributed by atoms with Crippen LogP contribution < -0.4 is 5.32 Å². The van der Waals surface area contributed by atoms with E-state index in [9.17, 15) is 13.6 Å². The molecule has 1 amide bonds. The number of nitrogens with one attached hydrogen (secondary N) is 1. The number of pyridine rings is 2. The number of piperidine rings is 1. The second kappa shape index (κ2) is 11.6. The summed E-state index contributed by atoms with van der Waals surface area (Å²) in [6.45, 7) is 2.42. The van der Waals surface area contributed by atoms with Gasteiger partial charge in [-0.25, -0.2) is 18.7 Å². The summed E-state index contributed by atoms with van der Waals surface area (Å²) in [6, 6.07) is 18.9. The molecule has 1 aliphatic rings. The van der Waals surface area contributed by atoms with Gasteiger partial charge in [0.15, 0.2) is 11.0 Å². The van der Waals surface area contributed by atoms with Crippen LogP contribution in [0.4, 0.5) is 14.5 Å². The highest BCUT2D eigenvalue weighted by molar-refractivity contribution is 6.30. The molecule has 2 aromatic heterocycles. The van der Waals surface area contributed by atoms with Crippen molar-refractivity contribution in [2.24, 2.45) is 0 Å². The Morgan fingerprint density at radius 3 is 2.26 bits per heavy atom. The number of hydrogen-bond donors (Lipinski definition) is 1. The predicted octanol–water partition coefficient (Wildman–Crippen LogP) is 7.36. The van der Waals surface area contributed by atoms with Crippen molar-refractivity contribution in [1.29, 1.82) is 0 Å². The van der Waals surface area contributed by atoms with E-state index in [0.29, 0.717) is 16.9 Å². The van der Waals surface area contributed by atoms with Gasteiger partial charge in [0.1, 0.15) is 11.0 Å². The van der Waals surface area contributed by atoms with Crippen LogP contribution in [0, 0.1) is 11.6 Å². The normalized spacial score (nSPS) is 14.4. The molecule has 5 rings (SSSR count). The molecule has 0 saturated carbocycles. The Kier molecular flexibility index (Phi) is 7.98. The van der Waals surface area contributed by atoms with Crippen LogP contribution in [-0.4, -0.2) is 33.9 Å². The summed E-state index contributed by atoms with van der Waals surface area (Å²) in [4.78, 5) is 23.3. The molecule has 1 saturated heterocycles. The minimum absolute atomic E-state index is 0.0153. The summed E-state index contributed by atoms with van der Waals surface area (Å²) in [6.07, 6.45) is 3.00. The number of rotatable bonds is 6. The number of aromatic nitrogens is 2. The van der Waals surface area contributed by atoms with Crippen molar-refractivity contribution in [1.82, 2.24) is 14.9 Å². The number of anilines is 1. The largest absolute Gasteiger partial charge is 0.320 e. The standard InChI is InChI=1S/C29H24Cl2F2N4O/c30-26-15-22(9-12-34-26)29(38)35-25-16-24(33)28(31)36-27(25)21-10-13-37(14-11-21)17-18-1-3-19(4-2-18)20-5-7-23(32)8-6-20/h1-9,12,15-16,21H,10-11,13-14,17H2,(H,35,38). The van der Waals surface area contributed by atoms with Crippen LogP contribution in [0.2, 0.25) is 10.3 Å². The van der Waals surface area contributed by atoms with Gasteiger partial charge in [0, 0.05) is 30.3 Å². The second-order valence-corrected chi connectivity index (χ2v) is 10.0. The molecule has 0 spiro atoms. The summed E-state index contributed by atoms with van der Waals surface area (Å²) in [5.41, 5.74) is 4.38. The minimum atomic E-state index is -0.694. The van der Waals surface area contributed by atoms with Gasteiger partial charge in [-0.2, -0.15) is 0 Å². The van der Waals surface area contributed by atoms with Gasteiger partial charge in [-0.15, -0.1) is 0 Å². The van der Waals surface area contributed by atoms with Crippen molar-refractivity contribution >= 4 is 34.8 Å². The Morgan fingerprint density at radius 1 is 0.947 bits per heavy atom. The van der Waals surface area contributed by atoms with Crippen LogP contribution in [0.5, 0.6) is 0 Å². The third kappa shape index (κ3) is 6.18. The summed E-state index contributed by atoms with van der Waals surface area (Å²) in [5, 5.41) is 2.75. The van der Waals surface area contributed by atoms with Gasteiger partial charge in [0.25, 0.3) is 5.91 Å². The molecular weight excluding hydrogens is 529 g/mol. The highest BCUT2D eigenvalue weighted by atomic mass is 35.5. The average molecular weight is 553 g/mol. The lowest BCUT2D eigenvalue weighted by atomic mass is 9.91. The first-order chi connectivity index (χ1) is 18.4. The van der Waals surface area contributed by atoms with Crippen LogP contribution in [0.25, 0.3) is 11.1 Å². The molecule has 2 aromatic carbocycles. The fraction of sp³-hybridized carbons (Fsp3) is 0.207. The molecule has 0 radical (unpaired) electrons.